The summed E-state index contributed by atoms with van der Waals surface area (Å²) in [5.41, 5.74) is 6.19. The van der Waals surface area contributed by atoms with Crippen molar-refractivity contribution in [1.29, 1.82) is 0 Å². The maximum atomic E-state index is 3.39. The summed E-state index contributed by atoms with van der Waals surface area (Å²) in [4.78, 5) is 2.40. The first kappa shape index (κ1) is 14.5. The first-order valence-electron chi connectivity index (χ1n) is 7.30. The minimum atomic E-state index is 0.435. The van der Waals surface area contributed by atoms with Crippen molar-refractivity contribution in [3.63, 3.8) is 0 Å². The molecule has 1 saturated carbocycles. The molecular formula is C17H28N2. The Bertz CT molecular complexity index is 459. The summed E-state index contributed by atoms with van der Waals surface area (Å²) < 4.78 is 0. The molecule has 0 heterocycles. The van der Waals surface area contributed by atoms with Gasteiger partial charge in [0.1, 0.15) is 0 Å². The Labute approximate surface area is 118 Å². The van der Waals surface area contributed by atoms with Crippen LogP contribution in [0.15, 0.2) is 12.1 Å². The Hall–Kier alpha value is -0.860. The van der Waals surface area contributed by atoms with Crippen molar-refractivity contribution in [3.8, 4) is 0 Å². The molecule has 0 amide bonds. The van der Waals surface area contributed by atoms with Gasteiger partial charge in [-0.3, -0.25) is 0 Å². The molecule has 19 heavy (non-hydrogen) atoms. The summed E-state index contributed by atoms with van der Waals surface area (Å²) in [5.74, 6) is 0. The highest BCUT2D eigenvalue weighted by Gasteiger charge is 2.50. The van der Waals surface area contributed by atoms with Crippen molar-refractivity contribution >= 4 is 0 Å². The van der Waals surface area contributed by atoms with Gasteiger partial charge in [-0.15, -0.1) is 0 Å². The molecule has 1 atom stereocenters. The molecule has 0 radical (unpaired) electrons. The summed E-state index contributed by atoms with van der Waals surface area (Å²) in [6.45, 7) is 7.80. The van der Waals surface area contributed by atoms with Gasteiger partial charge in [-0.05, 0) is 77.0 Å². The van der Waals surface area contributed by atoms with Gasteiger partial charge in [-0.25, -0.2) is 0 Å². The third kappa shape index (κ3) is 2.70. The largest absolute Gasteiger partial charge is 0.319 e. The fraction of sp³-hybridized carbons (Fsp3) is 0.647. The lowest BCUT2D eigenvalue weighted by molar-refractivity contribution is 0.191. The minimum absolute atomic E-state index is 0.435. The SMILES string of the molecule is CNCC1(C(c2cc(C)c(C)cc2C)N(C)C)CC1. The van der Waals surface area contributed by atoms with Crippen LogP contribution >= 0.6 is 0 Å². The average molecular weight is 260 g/mol. The number of nitrogens with zero attached hydrogens (tertiary/aromatic N) is 1. The molecule has 1 unspecified atom stereocenters. The molecule has 2 heteroatoms. The maximum absolute atomic E-state index is 3.39. The van der Waals surface area contributed by atoms with Crippen LogP contribution in [-0.2, 0) is 0 Å². The fourth-order valence-corrected chi connectivity index (χ4v) is 3.49. The molecule has 2 nitrogen and oxygen atoms in total. The van der Waals surface area contributed by atoms with Crippen molar-refractivity contribution in [1.82, 2.24) is 10.2 Å². The lowest BCUT2D eigenvalue weighted by atomic mass is 9.85. The first-order valence-corrected chi connectivity index (χ1v) is 7.30. The Morgan fingerprint density at radius 2 is 1.68 bits per heavy atom. The van der Waals surface area contributed by atoms with E-state index in [1.807, 2.05) is 0 Å². The quantitative estimate of drug-likeness (QED) is 0.874. The Balaban J connectivity index is 2.43. The van der Waals surface area contributed by atoms with E-state index in [0.29, 0.717) is 11.5 Å². The summed E-state index contributed by atoms with van der Waals surface area (Å²) in [5, 5.41) is 3.39. The zero-order valence-corrected chi connectivity index (χ0v) is 13.3. The zero-order valence-electron chi connectivity index (χ0n) is 13.3. The first-order chi connectivity index (χ1) is 8.91. The van der Waals surface area contributed by atoms with E-state index < -0.39 is 0 Å². The monoisotopic (exact) mass is 260 g/mol. The van der Waals surface area contributed by atoms with E-state index in [-0.39, 0.29) is 0 Å². The number of hydrogen-bond acceptors (Lipinski definition) is 2. The molecule has 1 aromatic carbocycles. The van der Waals surface area contributed by atoms with E-state index in [1.165, 1.54) is 35.1 Å². The van der Waals surface area contributed by atoms with Crippen LogP contribution in [0.3, 0.4) is 0 Å². The van der Waals surface area contributed by atoms with Gasteiger partial charge in [-0.2, -0.15) is 0 Å². The topological polar surface area (TPSA) is 15.3 Å². The van der Waals surface area contributed by atoms with Crippen LogP contribution in [0, 0.1) is 26.2 Å². The standard InChI is InChI=1S/C17H28N2/c1-12-9-14(3)15(10-13(12)2)16(19(5)6)17(7-8-17)11-18-4/h9-10,16,18H,7-8,11H2,1-6H3. The number of rotatable bonds is 5. The Kier molecular flexibility index (Phi) is 4.03. The van der Waals surface area contributed by atoms with Crippen LogP contribution in [-0.4, -0.2) is 32.6 Å². The van der Waals surface area contributed by atoms with Gasteiger partial charge in [0.2, 0.25) is 0 Å². The third-order valence-corrected chi connectivity index (χ3v) is 4.69. The van der Waals surface area contributed by atoms with Crippen molar-refractivity contribution in [2.24, 2.45) is 5.41 Å². The van der Waals surface area contributed by atoms with E-state index in [1.54, 1.807) is 0 Å². The van der Waals surface area contributed by atoms with Crippen molar-refractivity contribution < 1.29 is 0 Å². The van der Waals surface area contributed by atoms with E-state index >= 15 is 0 Å². The molecule has 0 bridgehead atoms. The molecule has 0 aromatic heterocycles. The van der Waals surface area contributed by atoms with Crippen LogP contribution in [0.1, 0.15) is 41.1 Å². The highest BCUT2D eigenvalue weighted by atomic mass is 15.1. The van der Waals surface area contributed by atoms with Crippen LogP contribution in [0.4, 0.5) is 0 Å². The highest BCUT2D eigenvalue weighted by Crippen LogP contribution is 2.56. The van der Waals surface area contributed by atoms with Gasteiger partial charge in [0.25, 0.3) is 0 Å². The van der Waals surface area contributed by atoms with Crippen LogP contribution in [0.2, 0.25) is 0 Å². The van der Waals surface area contributed by atoms with Gasteiger partial charge in [0, 0.05) is 18.0 Å². The normalized spacial score (nSPS) is 18.7. The predicted molar refractivity (Wildman–Crippen MR) is 82.7 cm³/mol. The lowest BCUT2D eigenvalue weighted by Gasteiger charge is -2.34. The van der Waals surface area contributed by atoms with Crippen molar-refractivity contribution in [2.45, 2.75) is 39.7 Å². The molecule has 1 aliphatic carbocycles. The molecule has 1 aromatic rings. The number of benzene rings is 1. The molecular weight excluding hydrogens is 232 g/mol. The molecule has 0 spiro atoms. The minimum Gasteiger partial charge on any atom is -0.319 e. The van der Waals surface area contributed by atoms with Gasteiger partial charge < -0.3 is 10.2 Å². The Morgan fingerprint density at radius 3 is 2.16 bits per heavy atom. The zero-order chi connectivity index (χ0) is 14.2. The third-order valence-electron chi connectivity index (χ3n) is 4.69. The molecule has 1 aliphatic rings. The van der Waals surface area contributed by atoms with Crippen molar-refractivity contribution in [3.05, 3.63) is 34.4 Å². The van der Waals surface area contributed by atoms with Crippen molar-refractivity contribution in [2.75, 3.05) is 27.7 Å². The second-order valence-electron chi connectivity index (χ2n) is 6.55. The smallest absolute Gasteiger partial charge is 0.0413 e. The molecule has 1 N–H and O–H groups in total. The van der Waals surface area contributed by atoms with E-state index in [9.17, 15) is 0 Å². The van der Waals surface area contributed by atoms with E-state index in [0.717, 1.165) is 6.54 Å². The summed E-state index contributed by atoms with van der Waals surface area (Å²) in [6, 6.07) is 5.28. The molecule has 0 aliphatic heterocycles. The van der Waals surface area contributed by atoms with Crippen LogP contribution in [0.5, 0.6) is 0 Å². The maximum Gasteiger partial charge on any atom is 0.0413 e. The fourth-order valence-electron chi connectivity index (χ4n) is 3.49. The highest BCUT2D eigenvalue weighted by molar-refractivity contribution is 5.40. The van der Waals surface area contributed by atoms with Crippen LogP contribution < -0.4 is 5.32 Å². The second kappa shape index (κ2) is 5.26. The summed E-state index contributed by atoms with van der Waals surface area (Å²) >= 11 is 0. The van der Waals surface area contributed by atoms with Gasteiger partial charge in [0.15, 0.2) is 0 Å². The average Bonchev–Trinajstić information content (AvgIpc) is 3.06. The predicted octanol–water partition coefficient (Wildman–Crippen LogP) is 3.21. The van der Waals surface area contributed by atoms with Crippen LogP contribution in [0.25, 0.3) is 0 Å². The number of aryl methyl sites for hydroxylation is 3. The number of hydrogen-bond donors (Lipinski definition) is 1. The van der Waals surface area contributed by atoms with Gasteiger partial charge >= 0.3 is 0 Å². The molecule has 0 saturated heterocycles. The Morgan fingerprint density at radius 1 is 1.11 bits per heavy atom. The van der Waals surface area contributed by atoms with Gasteiger partial charge in [0.05, 0.1) is 0 Å². The number of nitrogens with one attached hydrogen (secondary N) is 1. The van der Waals surface area contributed by atoms with E-state index in [4.69, 9.17) is 0 Å². The van der Waals surface area contributed by atoms with Gasteiger partial charge in [-0.1, -0.05) is 12.1 Å². The molecule has 106 valence electrons. The molecule has 2 rings (SSSR count). The summed E-state index contributed by atoms with van der Waals surface area (Å²) in [6.07, 6.45) is 2.67. The molecule has 1 fully saturated rings. The lowest BCUT2D eigenvalue weighted by Crippen LogP contribution is -2.35. The second-order valence-corrected chi connectivity index (χ2v) is 6.55. The summed E-state index contributed by atoms with van der Waals surface area (Å²) in [7, 11) is 6.50. The van der Waals surface area contributed by atoms with E-state index in [2.05, 4.69) is 64.3 Å².